The summed E-state index contributed by atoms with van der Waals surface area (Å²) < 4.78 is 5.79. The van der Waals surface area contributed by atoms with Gasteiger partial charge in [0.25, 0.3) is 0 Å². The van der Waals surface area contributed by atoms with Crippen LogP contribution >= 0.6 is 15.9 Å². The second kappa shape index (κ2) is 3.80. The summed E-state index contributed by atoms with van der Waals surface area (Å²) >= 11 is 3.25. The molecule has 0 aliphatic heterocycles. The first-order valence-electron chi connectivity index (χ1n) is 4.12. The summed E-state index contributed by atoms with van der Waals surface area (Å²) in [5, 5.41) is 0. The van der Waals surface area contributed by atoms with E-state index in [1.807, 2.05) is 30.3 Å². The number of halogens is 1. The highest BCUT2D eigenvalue weighted by atomic mass is 79.9. The van der Waals surface area contributed by atoms with Crippen LogP contribution in [0.2, 0.25) is 0 Å². The molecule has 0 unspecified atom stereocenters. The molecule has 0 fully saturated rings. The molecule has 0 bridgehead atoms. The molecule has 1 aromatic heterocycles. The van der Waals surface area contributed by atoms with Gasteiger partial charge in [0.1, 0.15) is 5.76 Å². The molecule has 0 spiro atoms. The Morgan fingerprint density at radius 3 is 2.43 bits per heavy atom. The maximum atomic E-state index is 11.1. The van der Waals surface area contributed by atoms with E-state index >= 15 is 0 Å². The largest absolute Gasteiger partial charge is 0.423 e. The first-order valence-corrected chi connectivity index (χ1v) is 4.91. The van der Waals surface area contributed by atoms with Crippen LogP contribution in [0, 0.1) is 0 Å². The SMILES string of the molecule is O=c1cc(Br)cc(-c2ccccc2)o1. The van der Waals surface area contributed by atoms with Crippen LogP contribution in [-0.4, -0.2) is 0 Å². The number of rotatable bonds is 1. The molecule has 70 valence electrons. The second-order valence-electron chi connectivity index (χ2n) is 2.82. The monoisotopic (exact) mass is 250 g/mol. The van der Waals surface area contributed by atoms with Gasteiger partial charge in [-0.3, -0.25) is 0 Å². The Morgan fingerprint density at radius 1 is 1.07 bits per heavy atom. The molecule has 0 aliphatic carbocycles. The Hall–Kier alpha value is -1.35. The minimum Gasteiger partial charge on any atom is -0.423 e. The van der Waals surface area contributed by atoms with E-state index in [1.165, 1.54) is 6.07 Å². The van der Waals surface area contributed by atoms with Crippen molar-refractivity contribution in [2.24, 2.45) is 0 Å². The van der Waals surface area contributed by atoms with Crippen molar-refractivity contribution < 1.29 is 4.42 Å². The van der Waals surface area contributed by atoms with Gasteiger partial charge in [-0.1, -0.05) is 46.3 Å². The quantitative estimate of drug-likeness (QED) is 0.779. The summed E-state index contributed by atoms with van der Waals surface area (Å²) in [6.45, 7) is 0. The highest BCUT2D eigenvalue weighted by Gasteiger charge is 2.01. The molecule has 0 amide bonds. The average Bonchev–Trinajstić information content (AvgIpc) is 2.18. The predicted molar refractivity (Wildman–Crippen MR) is 58.1 cm³/mol. The number of hydrogen-bond donors (Lipinski definition) is 0. The number of benzene rings is 1. The van der Waals surface area contributed by atoms with Crippen molar-refractivity contribution in [1.82, 2.24) is 0 Å². The van der Waals surface area contributed by atoms with Crippen LogP contribution in [0.15, 0.2) is 56.1 Å². The fourth-order valence-electron chi connectivity index (χ4n) is 1.19. The van der Waals surface area contributed by atoms with Crippen molar-refractivity contribution in [3.8, 4) is 11.3 Å². The van der Waals surface area contributed by atoms with Crippen molar-refractivity contribution in [1.29, 1.82) is 0 Å². The Balaban J connectivity index is 2.58. The van der Waals surface area contributed by atoms with E-state index in [1.54, 1.807) is 6.07 Å². The van der Waals surface area contributed by atoms with Gasteiger partial charge in [0.15, 0.2) is 0 Å². The van der Waals surface area contributed by atoms with Gasteiger partial charge in [0.2, 0.25) is 0 Å². The maximum Gasteiger partial charge on any atom is 0.337 e. The van der Waals surface area contributed by atoms with Crippen LogP contribution in [0.3, 0.4) is 0 Å². The second-order valence-corrected chi connectivity index (χ2v) is 3.74. The molecule has 0 atom stereocenters. The van der Waals surface area contributed by atoms with Gasteiger partial charge in [-0.25, -0.2) is 4.79 Å². The first kappa shape index (κ1) is 9.21. The van der Waals surface area contributed by atoms with Crippen molar-refractivity contribution in [3.05, 3.63) is 57.4 Å². The van der Waals surface area contributed by atoms with Crippen LogP contribution in [0.5, 0.6) is 0 Å². The van der Waals surface area contributed by atoms with Crippen LogP contribution < -0.4 is 5.63 Å². The minimum absolute atomic E-state index is 0.349. The van der Waals surface area contributed by atoms with Crippen molar-refractivity contribution in [2.75, 3.05) is 0 Å². The zero-order valence-corrected chi connectivity index (χ0v) is 8.82. The van der Waals surface area contributed by atoms with Gasteiger partial charge in [0.05, 0.1) is 0 Å². The molecule has 0 saturated carbocycles. The first-order chi connectivity index (χ1) is 6.75. The van der Waals surface area contributed by atoms with Gasteiger partial charge in [-0.15, -0.1) is 0 Å². The summed E-state index contributed by atoms with van der Waals surface area (Å²) in [7, 11) is 0. The molecular formula is C11H7BrO2. The summed E-state index contributed by atoms with van der Waals surface area (Å²) in [6.07, 6.45) is 0. The molecule has 1 heterocycles. The third-order valence-corrected chi connectivity index (χ3v) is 2.25. The van der Waals surface area contributed by atoms with E-state index in [0.717, 1.165) is 10.0 Å². The van der Waals surface area contributed by atoms with Gasteiger partial charge in [0, 0.05) is 16.1 Å². The molecule has 2 aromatic rings. The number of hydrogen-bond acceptors (Lipinski definition) is 2. The molecule has 3 heteroatoms. The van der Waals surface area contributed by atoms with Crippen LogP contribution in [0.25, 0.3) is 11.3 Å². The highest BCUT2D eigenvalue weighted by molar-refractivity contribution is 9.10. The van der Waals surface area contributed by atoms with E-state index in [9.17, 15) is 4.79 Å². The molecule has 0 N–H and O–H groups in total. The molecular weight excluding hydrogens is 244 g/mol. The minimum atomic E-state index is -0.349. The van der Waals surface area contributed by atoms with Crippen molar-refractivity contribution in [3.63, 3.8) is 0 Å². The highest BCUT2D eigenvalue weighted by Crippen LogP contribution is 2.20. The van der Waals surface area contributed by atoms with Crippen molar-refractivity contribution >= 4 is 15.9 Å². The molecule has 0 saturated heterocycles. The lowest BCUT2D eigenvalue weighted by Crippen LogP contribution is -1.96. The standard InChI is InChI=1S/C11H7BrO2/c12-9-6-10(14-11(13)7-9)8-4-2-1-3-5-8/h1-7H. The average molecular weight is 251 g/mol. The summed E-state index contributed by atoms with van der Waals surface area (Å²) in [5.74, 6) is 0.574. The zero-order chi connectivity index (χ0) is 9.97. The van der Waals surface area contributed by atoms with Gasteiger partial charge < -0.3 is 4.42 Å². The Kier molecular flexibility index (Phi) is 2.50. The van der Waals surface area contributed by atoms with Gasteiger partial charge >= 0.3 is 5.63 Å². The predicted octanol–water partition coefficient (Wildman–Crippen LogP) is 3.07. The van der Waals surface area contributed by atoms with Crippen molar-refractivity contribution in [2.45, 2.75) is 0 Å². The zero-order valence-electron chi connectivity index (χ0n) is 7.24. The fraction of sp³-hybridized carbons (Fsp3) is 0. The molecule has 14 heavy (non-hydrogen) atoms. The van der Waals surface area contributed by atoms with E-state index in [0.29, 0.717) is 5.76 Å². The van der Waals surface area contributed by atoms with E-state index in [2.05, 4.69) is 15.9 Å². The molecule has 0 aliphatic rings. The van der Waals surface area contributed by atoms with Crippen LogP contribution in [0.1, 0.15) is 0 Å². The third-order valence-electron chi connectivity index (χ3n) is 1.79. The topological polar surface area (TPSA) is 30.2 Å². The van der Waals surface area contributed by atoms with Gasteiger partial charge in [-0.2, -0.15) is 0 Å². The molecule has 2 nitrogen and oxygen atoms in total. The summed E-state index contributed by atoms with van der Waals surface area (Å²) in [6, 6.07) is 12.7. The molecule has 0 radical (unpaired) electrons. The Morgan fingerprint density at radius 2 is 1.79 bits per heavy atom. The normalized spacial score (nSPS) is 10.1. The lowest BCUT2D eigenvalue weighted by Gasteiger charge is -1.99. The van der Waals surface area contributed by atoms with E-state index in [4.69, 9.17) is 4.42 Å². The van der Waals surface area contributed by atoms with Gasteiger partial charge in [-0.05, 0) is 6.07 Å². The lowest BCUT2D eigenvalue weighted by molar-refractivity contribution is 0.525. The maximum absolute atomic E-state index is 11.1. The van der Waals surface area contributed by atoms with E-state index in [-0.39, 0.29) is 5.63 Å². The summed E-state index contributed by atoms with van der Waals surface area (Å²) in [5.41, 5.74) is 0.545. The van der Waals surface area contributed by atoms with Crippen LogP contribution in [-0.2, 0) is 0 Å². The summed E-state index contributed by atoms with van der Waals surface area (Å²) in [4.78, 5) is 11.1. The Labute approximate surface area is 89.3 Å². The molecule has 1 aromatic carbocycles. The van der Waals surface area contributed by atoms with E-state index < -0.39 is 0 Å². The molecule has 2 rings (SSSR count). The smallest absolute Gasteiger partial charge is 0.337 e. The Bertz CT molecular complexity index is 488. The van der Waals surface area contributed by atoms with Crippen LogP contribution in [0.4, 0.5) is 0 Å². The lowest BCUT2D eigenvalue weighted by atomic mass is 10.2. The third kappa shape index (κ3) is 1.93. The fourth-order valence-corrected chi connectivity index (χ4v) is 1.59.